The van der Waals surface area contributed by atoms with E-state index < -0.39 is 54.6 Å². The van der Waals surface area contributed by atoms with Crippen LogP contribution in [0.5, 0.6) is 5.75 Å². The van der Waals surface area contributed by atoms with Crippen LogP contribution in [0.15, 0.2) is 24.3 Å². The first-order valence-corrected chi connectivity index (χ1v) is 11.2. The van der Waals surface area contributed by atoms with E-state index in [0.29, 0.717) is 17.7 Å². The van der Waals surface area contributed by atoms with Gasteiger partial charge in [-0.2, -0.15) is 0 Å². The maximum absolute atomic E-state index is 11.8. The normalized spacial score (nSPS) is 23.2. The lowest BCUT2D eigenvalue weighted by atomic mass is 9.98. The van der Waals surface area contributed by atoms with Crippen LogP contribution in [0.1, 0.15) is 44.5 Å². The molecule has 0 radical (unpaired) electrons. The summed E-state index contributed by atoms with van der Waals surface area (Å²) in [5.41, 5.74) is 0.523. The summed E-state index contributed by atoms with van der Waals surface area (Å²) in [6.45, 7) is 4.63. The molecule has 1 aromatic rings. The number of ether oxygens (including phenoxy) is 7. The van der Waals surface area contributed by atoms with Crippen molar-refractivity contribution in [1.82, 2.24) is 0 Å². The Balaban J connectivity index is 2.12. The van der Waals surface area contributed by atoms with Crippen LogP contribution in [-0.2, 0) is 47.6 Å². The van der Waals surface area contributed by atoms with Crippen LogP contribution in [0.4, 0.5) is 0 Å². The molecule has 5 atom stereocenters. The van der Waals surface area contributed by atoms with Crippen molar-refractivity contribution in [2.45, 2.75) is 64.8 Å². The van der Waals surface area contributed by atoms with E-state index in [2.05, 4.69) is 0 Å². The molecule has 1 saturated heterocycles. The van der Waals surface area contributed by atoms with Crippen molar-refractivity contribution in [3.8, 4) is 5.75 Å². The van der Waals surface area contributed by atoms with Crippen molar-refractivity contribution in [2.75, 3.05) is 19.8 Å². The second kappa shape index (κ2) is 14.1. The zero-order chi connectivity index (χ0) is 26.7. The molecule has 12 heteroatoms. The van der Waals surface area contributed by atoms with Crippen molar-refractivity contribution in [3.05, 3.63) is 29.8 Å². The van der Waals surface area contributed by atoms with E-state index in [1.165, 1.54) is 6.92 Å². The first kappa shape index (κ1) is 28.7. The van der Waals surface area contributed by atoms with Gasteiger partial charge in [0.05, 0.1) is 13.2 Å². The van der Waals surface area contributed by atoms with E-state index >= 15 is 0 Å². The van der Waals surface area contributed by atoms with E-state index in [0.717, 1.165) is 27.1 Å². The van der Waals surface area contributed by atoms with Gasteiger partial charge in [0.25, 0.3) is 0 Å². The van der Waals surface area contributed by atoms with Crippen molar-refractivity contribution >= 4 is 30.2 Å². The number of carbonyl (C=O) groups excluding carboxylic acids is 5. The summed E-state index contributed by atoms with van der Waals surface area (Å²) in [7, 11) is 0. The molecule has 0 aromatic heterocycles. The highest BCUT2D eigenvalue weighted by atomic mass is 16.7. The lowest BCUT2D eigenvalue weighted by molar-refractivity contribution is -0.308. The molecule has 0 N–H and O–H groups in total. The summed E-state index contributed by atoms with van der Waals surface area (Å²) in [5, 5.41) is 0. The van der Waals surface area contributed by atoms with Crippen molar-refractivity contribution in [1.29, 1.82) is 0 Å². The lowest BCUT2D eigenvalue weighted by Gasteiger charge is -2.44. The van der Waals surface area contributed by atoms with Gasteiger partial charge in [-0.25, -0.2) is 0 Å². The minimum Gasteiger partial charge on any atom is -0.494 e. The summed E-state index contributed by atoms with van der Waals surface area (Å²) in [6, 6.07) is 6.56. The predicted octanol–water partition coefficient (Wildman–Crippen LogP) is 1.37. The zero-order valence-electron chi connectivity index (χ0n) is 20.5. The van der Waals surface area contributed by atoms with Crippen LogP contribution in [0, 0.1) is 0 Å². The summed E-state index contributed by atoms with van der Waals surface area (Å²) in [6.07, 6.45) is -5.01. The molecular formula is C24H30O12. The minimum atomic E-state index is -1.29. The summed E-state index contributed by atoms with van der Waals surface area (Å²) >= 11 is 0. The average Bonchev–Trinajstić information content (AvgIpc) is 2.80. The molecule has 198 valence electrons. The Morgan fingerprint density at radius 1 is 0.806 bits per heavy atom. The van der Waals surface area contributed by atoms with Crippen LogP contribution in [0.2, 0.25) is 0 Å². The molecule has 12 nitrogen and oxygen atoms in total. The smallest absolute Gasteiger partial charge is 0.303 e. The molecule has 0 amide bonds. The Bertz CT molecular complexity index is 912. The summed E-state index contributed by atoms with van der Waals surface area (Å²) in [5.74, 6) is -2.20. The number of esters is 4. The van der Waals surface area contributed by atoms with Gasteiger partial charge in [0.15, 0.2) is 24.6 Å². The highest BCUT2D eigenvalue weighted by Crippen LogP contribution is 2.30. The number of benzene rings is 1. The summed E-state index contributed by atoms with van der Waals surface area (Å²) < 4.78 is 38.2. The van der Waals surface area contributed by atoms with Gasteiger partial charge in [-0.3, -0.25) is 24.0 Å². The van der Waals surface area contributed by atoms with Gasteiger partial charge in [-0.1, -0.05) is 0 Å². The van der Waals surface area contributed by atoms with Crippen LogP contribution in [0.25, 0.3) is 0 Å². The molecule has 4 unspecified atom stereocenters. The van der Waals surface area contributed by atoms with Crippen molar-refractivity contribution in [2.24, 2.45) is 0 Å². The van der Waals surface area contributed by atoms with Crippen LogP contribution in [-0.4, -0.2) is 80.7 Å². The number of aldehydes is 1. The Hall–Kier alpha value is -3.51. The molecule has 2 rings (SSSR count). The molecule has 0 bridgehead atoms. The third kappa shape index (κ3) is 9.27. The molecule has 1 aliphatic heterocycles. The molecule has 1 heterocycles. The number of rotatable bonds is 12. The topological polar surface area (TPSA) is 150 Å². The maximum atomic E-state index is 11.8. The Morgan fingerprint density at radius 2 is 1.39 bits per heavy atom. The maximum Gasteiger partial charge on any atom is 0.303 e. The van der Waals surface area contributed by atoms with E-state index in [-0.39, 0.29) is 19.8 Å². The number of carbonyl (C=O) groups is 5. The first-order chi connectivity index (χ1) is 17.1. The minimum absolute atomic E-state index is 0.0835. The molecule has 0 spiro atoms. The molecule has 1 fully saturated rings. The highest BCUT2D eigenvalue weighted by molar-refractivity contribution is 5.74. The van der Waals surface area contributed by atoms with E-state index in [1.807, 2.05) is 0 Å². The molecule has 1 aromatic carbocycles. The van der Waals surface area contributed by atoms with Gasteiger partial charge in [0, 0.05) is 39.7 Å². The van der Waals surface area contributed by atoms with E-state index in [4.69, 9.17) is 33.2 Å². The third-order valence-corrected chi connectivity index (χ3v) is 4.80. The monoisotopic (exact) mass is 510 g/mol. The number of hydrogen-bond acceptors (Lipinski definition) is 12. The lowest BCUT2D eigenvalue weighted by Crippen LogP contribution is -2.63. The Morgan fingerprint density at radius 3 is 1.94 bits per heavy atom. The first-order valence-electron chi connectivity index (χ1n) is 11.2. The fraction of sp³-hybridized carbons (Fsp3) is 0.542. The largest absolute Gasteiger partial charge is 0.494 e. The van der Waals surface area contributed by atoms with Crippen molar-refractivity contribution < 1.29 is 57.1 Å². The second-order valence-electron chi connectivity index (χ2n) is 7.83. The van der Waals surface area contributed by atoms with Gasteiger partial charge >= 0.3 is 23.9 Å². The SMILES string of the molecule is CC(=O)OCC1OC(OCCCOc2ccc(C=O)cc2)[C@H](OC(C)=O)C(OC(C)=O)C1OC(C)=O. The van der Waals surface area contributed by atoms with Gasteiger partial charge in [-0.05, 0) is 24.3 Å². The molecule has 0 aliphatic carbocycles. The van der Waals surface area contributed by atoms with E-state index in [1.54, 1.807) is 24.3 Å². The fourth-order valence-electron chi connectivity index (χ4n) is 3.41. The van der Waals surface area contributed by atoms with Gasteiger partial charge in [-0.15, -0.1) is 0 Å². The van der Waals surface area contributed by atoms with Crippen LogP contribution >= 0.6 is 0 Å². The van der Waals surface area contributed by atoms with E-state index in [9.17, 15) is 24.0 Å². The van der Waals surface area contributed by atoms with Crippen LogP contribution < -0.4 is 4.74 Å². The fourth-order valence-corrected chi connectivity index (χ4v) is 3.41. The number of hydrogen-bond donors (Lipinski definition) is 0. The molecular weight excluding hydrogens is 480 g/mol. The quantitative estimate of drug-likeness (QED) is 0.173. The van der Waals surface area contributed by atoms with Crippen molar-refractivity contribution in [3.63, 3.8) is 0 Å². The molecule has 36 heavy (non-hydrogen) atoms. The predicted molar refractivity (Wildman–Crippen MR) is 120 cm³/mol. The third-order valence-electron chi connectivity index (χ3n) is 4.80. The van der Waals surface area contributed by atoms with Crippen LogP contribution in [0.3, 0.4) is 0 Å². The van der Waals surface area contributed by atoms with Gasteiger partial charge in [0.1, 0.15) is 24.7 Å². The zero-order valence-corrected chi connectivity index (χ0v) is 20.5. The molecule has 1 aliphatic rings. The van der Waals surface area contributed by atoms with Gasteiger partial charge in [0.2, 0.25) is 0 Å². The Labute approximate surface area is 208 Å². The second-order valence-corrected chi connectivity index (χ2v) is 7.83. The van der Waals surface area contributed by atoms with Gasteiger partial charge < -0.3 is 33.2 Å². The molecule has 0 saturated carbocycles. The average molecular weight is 510 g/mol. The highest BCUT2D eigenvalue weighted by Gasteiger charge is 2.52. The summed E-state index contributed by atoms with van der Waals surface area (Å²) in [4.78, 5) is 57.5. The standard InChI is InChI=1S/C24H30O12/c1-14(26)32-13-20-21(33-15(2)27)22(34-16(3)28)23(35-17(4)29)24(36-20)31-11-5-10-30-19-8-6-18(12-25)7-9-19/h6-9,12,20-24H,5,10-11,13H2,1-4H3/t20?,21?,22?,23-,24?/m1/s1. The Kier molecular flexibility index (Phi) is 11.3.